The second-order valence-corrected chi connectivity index (χ2v) is 5.82. The molecule has 0 saturated carbocycles. The summed E-state index contributed by atoms with van der Waals surface area (Å²) in [6.45, 7) is 7.49. The first kappa shape index (κ1) is 20.2. The number of aryl methyl sites for hydroxylation is 1. The van der Waals surface area contributed by atoms with Gasteiger partial charge < -0.3 is 10.6 Å². The first-order chi connectivity index (χ1) is 9.51. The molecule has 5 nitrogen and oxygen atoms in total. The largest absolute Gasteiger partial charge is 0.354 e. The molecule has 0 fully saturated rings. The predicted octanol–water partition coefficient (Wildman–Crippen LogP) is 2.92. The van der Waals surface area contributed by atoms with E-state index in [0.717, 1.165) is 24.0 Å². The van der Waals surface area contributed by atoms with Gasteiger partial charge >= 0.3 is 0 Å². The molecule has 0 radical (unpaired) electrons. The summed E-state index contributed by atoms with van der Waals surface area (Å²) in [6.07, 6.45) is 7.59. The topological polar surface area (TPSA) is 54.2 Å². The first-order valence-electron chi connectivity index (χ1n) is 7.46. The molecule has 1 rings (SSSR count). The van der Waals surface area contributed by atoms with Crippen LogP contribution in [0.25, 0.3) is 0 Å². The van der Waals surface area contributed by atoms with Crippen LogP contribution < -0.4 is 10.6 Å². The van der Waals surface area contributed by atoms with Crippen LogP contribution in [0.5, 0.6) is 0 Å². The molecule has 0 aliphatic carbocycles. The van der Waals surface area contributed by atoms with Crippen LogP contribution in [0.3, 0.4) is 0 Å². The van der Waals surface area contributed by atoms with Gasteiger partial charge in [-0.05, 0) is 19.3 Å². The van der Waals surface area contributed by atoms with E-state index in [-0.39, 0.29) is 24.0 Å². The van der Waals surface area contributed by atoms with Gasteiger partial charge in [-0.25, -0.2) is 0 Å². The van der Waals surface area contributed by atoms with Crippen LogP contribution in [0.15, 0.2) is 17.4 Å². The average molecular weight is 407 g/mol. The lowest BCUT2D eigenvalue weighted by atomic mass is 10.0. The van der Waals surface area contributed by atoms with Crippen LogP contribution in [0.1, 0.15) is 45.6 Å². The van der Waals surface area contributed by atoms with E-state index in [9.17, 15) is 0 Å². The van der Waals surface area contributed by atoms with E-state index in [1.165, 1.54) is 19.3 Å². The Bertz CT molecular complexity index is 414. The summed E-state index contributed by atoms with van der Waals surface area (Å²) in [7, 11) is 3.73. The molecule has 21 heavy (non-hydrogen) atoms. The van der Waals surface area contributed by atoms with Gasteiger partial charge in [0.15, 0.2) is 5.96 Å². The summed E-state index contributed by atoms with van der Waals surface area (Å²) in [5, 5.41) is 10.9. The van der Waals surface area contributed by atoms with Crippen molar-refractivity contribution in [3.8, 4) is 0 Å². The number of nitrogens with zero attached hydrogens (tertiary/aromatic N) is 3. The number of hydrogen-bond acceptors (Lipinski definition) is 2. The van der Waals surface area contributed by atoms with Crippen molar-refractivity contribution in [1.82, 2.24) is 20.4 Å². The minimum Gasteiger partial charge on any atom is -0.354 e. The van der Waals surface area contributed by atoms with Gasteiger partial charge in [0.25, 0.3) is 0 Å². The highest BCUT2D eigenvalue weighted by molar-refractivity contribution is 14.0. The van der Waals surface area contributed by atoms with Gasteiger partial charge in [-0.2, -0.15) is 5.10 Å². The number of halogens is 1. The van der Waals surface area contributed by atoms with E-state index in [1.54, 1.807) is 7.05 Å². The van der Waals surface area contributed by atoms with Crippen LogP contribution in [0, 0.1) is 5.92 Å². The van der Waals surface area contributed by atoms with Crippen molar-refractivity contribution >= 4 is 29.9 Å². The molecule has 1 unspecified atom stereocenters. The maximum atomic E-state index is 4.26. The number of aliphatic imine (C=N–C) groups is 1. The highest BCUT2D eigenvalue weighted by Gasteiger charge is 2.06. The fourth-order valence-electron chi connectivity index (χ4n) is 2.08. The Balaban J connectivity index is 0.00000400. The van der Waals surface area contributed by atoms with Gasteiger partial charge in [-0.1, -0.05) is 26.7 Å². The van der Waals surface area contributed by atoms with E-state index in [4.69, 9.17) is 0 Å². The van der Waals surface area contributed by atoms with Crippen LogP contribution >= 0.6 is 24.0 Å². The van der Waals surface area contributed by atoms with Crippen molar-refractivity contribution in [2.45, 2.75) is 52.6 Å². The van der Waals surface area contributed by atoms with Gasteiger partial charge in [0.1, 0.15) is 0 Å². The van der Waals surface area contributed by atoms with Gasteiger partial charge in [0, 0.05) is 38.4 Å². The molecule has 6 heteroatoms. The monoisotopic (exact) mass is 407 g/mol. The van der Waals surface area contributed by atoms with Crippen molar-refractivity contribution in [3.05, 3.63) is 18.0 Å². The minimum absolute atomic E-state index is 0. The number of guanidine groups is 1. The minimum atomic E-state index is 0. The summed E-state index contributed by atoms with van der Waals surface area (Å²) < 4.78 is 1.81. The highest BCUT2D eigenvalue weighted by Crippen LogP contribution is 2.08. The molecule has 0 spiro atoms. The van der Waals surface area contributed by atoms with Crippen LogP contribution in [0.4, 0.5) is 0 Å². The van der Waals surface area contributed by atoms with Gasteiger partial charge in [-0.3, -0.25) is 9.67 Å². The molecule has 1 aromatic rings. The zero-order chi connectivity index (χ0) is 15.0. The molecule has 0 bridgehead atoms. The van der Waals surface area contributed by atoms with Crippen LogP contribution in [-0.2, 0) is 13.6 Å². The predicted molar refractivity (Wildman–Crippen MR) is 100 cm³/mol. The average Bonchev–Trinajstić information content (AvgIpc) is 2.79. The van der Waals surface area contributed by atoms with Crippen LogP contribution in [0.2, 0.25) is 0 Å². The normalized spacial score (nSPS) is 13.0. The summed E-state index contributed by atoms with van der Waals surface area (Å²) >= 11 is 0. The Morgan fingerprint density at radius 2 is 2.05 bits per heavy atom. The maximum absolute atomic E-state index is 4.26. The van der Waals surface area contributed by atoms with Crippen molar-refractivity contribution in [1.29, 1.82) is 0 Å². The van der Waals surface area contributed by atoms with Crippen molar-refractivity contribution < 1.29 is 0 Å². The molecule has 122 valence electrons. The standard InChI is InChI=1S/C15H29N5.HI/c1-12(2)7-6-8-13(3)19-15(16-4)17-9-14-10-18-20(5)11-14;/h10-13H,6-9H2,1-5H3,(H2,16,17,19);1H. The zero-order valence-corrected chi connectivity index (χ0v) is 16.2. The molecule has 1 aromatic heterocycles. The van der Waals surface area contributed by atoms with E-state index in [1.807, 2.05) is 24.1 Å². The lowest BCUT2D eigenvalue weighted by molar-refractivity contribution is 0.491. The SMILES string of the molecule is CN=C(NCc1cnn(C)c1)NC(C)CCCC(C)C.I. The van der Waals surface area contributed by atoms with Crippen LogP contribution in [-0.4, -0.2) is 28.8 Å². The first-order valence-corrected chi connectivity index (χ1v) is 7.46. The quantitative estimate of drug-likeness (QED) is 0.415. The summed E-state index contributed by atoms with van der Waals surface area (Å²) in [6, 6.07) is 0.439. The number of aromatic nitrogens is 2. The van der Waals surface area contributed by atoms with Gasteiger partial charge in [0.05, 0.1) is 6.20 Å². The number of hydrogen-bond donors (Lipinski definition) is 2. The Hall–Kier alpha value is -0.790. The maximum Gasteiger partial charge on any atom is 0.191 e. The molecule has 1 heterocycles. The molecule has 0 aliphatic rings. The molecule has 2 N–H and O–H groups in total. The molecule has 0 saturated heterocycles. The van der Waals surface area contributed by atoms with Crippen molar-refractivity contribution in [3.63, 3.8) is 0 Å². The lowest BCUT2D eigenvalue weighted by Gasteiger charge is -2.18. The summed E-state index contributed by atoms with van der Waals surface area (Å²) in [5.74, 6) is 1.64. The third kappa shape index (κ3) is 8.95. The molecule has 1 atom stereocenters. The third-order valence-electron chi connectivity index (χ3n) is 3.24. The van der Waals surface area contributed by atoms with E-state index < -0.39 is 0 Å². The second-order valence-electron chi connectivity index (χ2n) is 5.82. The van der Waals surface area contributed by atoms with Gasteiger partial charge in [-0.15, -0.1) is 24.0 Å². The van der Waals surface area contributed by atoms with Gasteiger partial charge in [0.2, 0.25) is 0 Å². The fraction of sp³-hybridized carbons (Fsp3) is 0.733. The van der Waals surface area contributed by atoms with Crippen molar-refractivity contribution in [2.24, 2.45) is 18.0 Å². The number of nitrogens with one attached hydrogen (secondary N) is 2. The fourth-order valence-corrected chi connectivity index (χ4v) is 2.08. The zero-order valence-electron chi connectivity index (χ0n) is 13.9. The Morgan fingerprint density at radius 3 is 2.57 bits per heavy atom. The Kier molecular flexibility index (Phi) is 10.5. The smallest absolute Gasteiger partial charge is 0.191 e. The highest BCUT2D eigenvalue weighted by atomic mass is 127. The third-order valence-corrected chi connectivity index (χ3v) is 3.24. The lowest BCUT2D eigenvalue weighted by Crippen LogP contribution is -2.41. The molecular formula is C15H30IN5. The molecule has 0 aliphatic heterocycles. The van der Waals surface area contributed by atoms with E-state index in [2.05, 4.69) is 41.5 Å². The summed E-state index contributed by atoms with van der Waals surface area (Å²) in [4.78, 5) is 4.26. The van der Waals surface area contributed by atoms with Crippen molar-refractivity contribution in [2.75, 3.05) is 7.05 Å². The molecular weight excluding hydrogens is 377 g/mol. The van der Waals surface area contributed by atoms with E-state index >= 15 is 0 Å². The number of rotatable bonds is 7. The second kappa shape index (κ2) is 10.9. The molecule has 0 aromatic carbocycles. The molecule has 0 amide bonds. The van der Waals surface area contributed by atoms with E-state index in [0.29, 0.717) is 6.04 Å². The Morgan fingerprint density at radius 1 is 1.33 bits per heavy atom. The summed E-state index contributed by atoms with van der Waals surface area (Å²) in [5.41, 5.74) is 1.16. The Labute approximate surface area is 146 Å².